The Morgan fingerprint density at radius 1 is 0.966 bits per heavy atom. The number of carbonyl (C=O) groups is 1. The summed E-state index contributed by atoms with van der Waals surface area (Å²) in [6.07, 6.45) is 0. The number of halogens is 1. The molecule has 1 fully saturated rings. The molecule has 8 nitrogen and oxygen atoms in total. The standard InChI is InChI=1S/C19H22N2O6S.ClH/c1-26-16-6-4-3-5-15(16)20-9-11-21(12-10-20)28(24,25)18-13-14(19(22)23)7-8-17(18)27-2;/h3-8,13H,9-12H2,1-2H3,(H,22,23);1H. The van der Waals surface area contributed by atoms with Gasteiger partial charge in [0.1, 0.15) is 16.4 Å². The van der Waals surface area contributed by atoms with Crippen LogP contribution in [0.3, 0.4) is 0 Å². The van der Waals surface area contributed by atoms with E-state index in [4.69, 9.17) is 9.47 Å². The molecule has 2 aromatic carbocycles. The molecule has 0 aliphatic carbocycles. The number of carboxylic acid groups (broad SMARTS) is 1. The third-order valence-corrected chi connectivity index (χ3v) is 6.61. The van der Waals surface area contributed by atoms with Crippen molar-refractivity contribution in [2.24, 2.45) is 0 Å². The highest BCUT2D eigenvalue weighted by Gasteiger charge is 2.32. The van der Waals surface area contributed by atoms with Gasteiger partial charge in [0.15, 0.2) is 0 Å². The van der Waals surface area contributed by atoms with E-state index in [1.807, 2.05) is 24.3 Å². The SMILES string of the molecule is COc1ccccc1N1CCN(S(=O)(=O)c2cc(C(=O)O)ccc2OC)CC1.Cl. The molecule has 0 aromatic heterocycles. The quantitative estimate of drug-likeness (QED) is 0.733. The fraction of sp³-hybridized carbons (Fsp3) is 0.316. The summed E-state index contributed by atoms with van der Waals surface area (Å²) < 4.78 is 38.1. The number of nitrogens with zero attached hydrogens (tertiary/aromatic N) is 2. The maximum atomic E-state index is 13.1. The molecule has 10 heteroatoms. The highest BCUT2D eigenvalue weighted by Crippen LogP contribution is 2.31. The third-order valence-electron chi connectivity index (χ3n) is 4.69. The number of hydrogen-bond acceptors (Lipinski definition) is 6. The van der Waals surface area contributed by atoms with E-state index in [9.17, 15) is 18.3 Å². The summed E-state index contributed by atoms with van der Waals surface area (Å²) in [5.41, 5.74) is 0.805. The van der Waals surface area contributed by atoms with E-state index >= 15 is 0 Å². The second-order valence-corrected chi connectivity index (χ2v) is 8.14. The normalized spacial score (nSPS) is 14.8. The number of carboxylic acids is 1. The van der Waals surface area contributed by atoms with Crippen LogP contribution in [0.2, 0.25) is 0 Å². The molecule has 0 unspecified atom stereocenters. The topological polar surface area (TPSA) is 96.4 Å². The highest BCUT2D eigenvalue weighted by atomic mass is 35.5. The molecule has 1 aliphatic rings. The molecule has 0 atom stereocenters. The molecule has 0 radical (unpaired) electrons. The van der Waals surface area contributed by atoms with Crippen LogP contribution >= 0.6 is 12.4 Å². The minimum Gasteiger partial charge on any atom is -0.495 e. The van der Waals surface area contributed by atoms with E-state index < -0.39 is 16.0 Å². The van der Waals surface area contributed by atoms with E-state index in [2.05, 4.69) is 4.90 Å². The Balaban J connectivity index is 0.00000300. The summed E-state index contributed by atoms with van der Waals surface area (Å²) in [6.45, 7) is 1.50. The van der Waals surface area contributed by atoms with Gasteiger partial charge < -0.3 is 19.5 Å². The third kappa shape index (κ3) is 4.58. The average Bonchev–Trinajstić information content (AvgIpc) is 2.73. The number of sulfonamides is 1. The monoisotopic (exact) mass is 442 g/mol. The van der Waals surface area contributed by atoms with Crippen LogP contribution < -0.4 is 14.4 Å². The second-order valence-electron chi connectivity index (χ2n) is 6.23. The number of rotatable bonds is 6. The van der Waals surface area contributed by atoms with Crippen molar-refractivity contribution in [2.75, 3.05) is 45.3 Å². The summed E-state index contributed by atoms with van der Waals surface area (Å²) in [5, 5.41) is 9.19. The molecule has 0 bridgehead atoms. The molecule has 1 aliphatic heterocycles. The van der Waals surface area contributed by atoms with Gasteiger partial charge in [0, 0.05) is 26.2 Å². The maximum absolute atomic E-state index is 13.1. The van der Waals surface area contributed by atoms with Crippen molar-refractivity contribution in [3.05, 3.63) is 48.0 Å². The molecular weight excluding hydrogens is 420 g/mol. The second kappa shape index (κ2) is 9.34. The van der Waals surface area contributed by atoms with Gasteiger partial charge in [-0.05, 0) is 30.3 Å². The molecule has 2 aromatic rings. The Morgan fingerprint density at radius 2 is 1.59 bits per heavy atom. The van der Waals surface area contributed by atoms with Crippen molar-refractivity contribution in [1.29, 1.82) is 0 Å². The Bertz CT molecular complexity index is 974. The van der Waals surface area contributed by atoms with E-state index in [1.165, 1.54) is 23.5 Å². The highest BCUT2D eigenvalue weighted by molar-refractivity contribution is 7.89. The van der Waals surface area contributed by atoms with Gasteiger partial charge >= 0.3 is 5.97 Å². The Labute approximate surface area is 176 Å². The van der Waals surface area contributed by atoms with Gasteiger partial charge in [0.05, 0.1) is 25.5 Å². The number of ether oxygens (including phenoxy) is 2. The number of aromatic carboxylic acids is 1. The minimum absolute atomic E-state index is 0. The lowest BCUT2D eigenvalue weighted by atomic mass is 10.2. The van der Waals surface area contributed by atoms with E-state index in [1.54, 1.807) is 7.11 Å². The smallest absolute Gasteiger partial charge is 0.335 e. The van der Waals surface area contributed by atoms with Gasteiger partial charge in [0.25, 0.3) is 0 Å². The van der Waals surface area contributed by atoms with Crippen molar-refractivity contribution in [2.45, 2.75) is 4.90 Å². The van der Waals surface area contributed by atoms with Crippen LogP contribution in [-0.4, -0.2) is 64.2 Å². The minimum atomic E-state index is -3.90. The molecular formula is C19H23ClN2O6S. The Morgan fingerprint density at radius 3 is 2.17 bits per heavy atom. The van der Waals surface area contributed by atoms with Gasteiger partial charge in [0.2, 0.25) is 10.0 Å². The zero-order valence-electron chi connectivity index (χ0n) is 16.1. The lowest BCUT2D eigenvalue weighted by molar-refractivity contribution is 0.0696. The number of benzene rings is 2. The van der Waals surface area contributed by atoms with Crippen LogP contribution in [0.5, 0.6) is 11.5 Å². The summed E-state index contributed by atoms with van der Waals surface area (Å²) in [7, 11) is -0.941. The van der Waals surface area contributed by atoms with Crippen LogP contribution in [0, 0.1) is 0 Å². The lowest BCUT2D eigenvalue weighted by Crippen LogP contribution is -2.48. The Kier molecular flexibility index (Phi) is 7.34. The summed E-state index contributed by atoms with van der Waals surface area (Å²) in [6, 6.07) is 11.4. The van der Waals surface area contributed by atoms with E-state index in [0.29, 0.717) is 13.1 Å². The van der Waals surface area contributed by atoms with Crippen LogP contribution in [-0.2, 0) is 10.0 Å². The molecule has 158 valence electrons. The Hall–Kier alpha value is -2.49. The molecule has 1 heterocycles. The largest absolute Gasteiger partial charge is 0.495 e. The first kappa shape index (κ1) is 22.8. The predicted molar refractivity (Wildman–Crippen MR) is 111 cm³/mol. The molecule has 29 heavy (non-hydrogen) atoms. The zero-order chi connectivity index (χ0) is 20.3. The van der Waals surface area contributed by atoms with E-state index in [0.717, 1.165) is 17.5 Å². The summed E-state index contributed by atoms with van der Waals surface area (Å²) in [5.74, 6) is -0.341. The molecule has 0 spiro atoms. The molecule has 0 saturated carbocycles. The van der Waals surface area contributed by atoms with Crippen LogP contribution in [0.4, 0.5) is 5.69 Å². The van der Waals surface area contributed by atoms with Crippen LogP contribution in [0.15, 0.2) is 47.4 Å². The van der Waals surface area contributed by atoms with Crippen LogP contribution in [0.1, 0.15) is 10.4 Å². The first-order valence-corrected chi connectivity index (χ1v) is 10.1. The number of methoxy groups -OCH3 is 2. The van der Waals surface area contributed by atoms with Gasteiger partial charge in [-0.15, -0.1) is 12.4 Å². The molecule has 0 amide bonds. The summed E-state index contributed by atoms with van der Waals surface area (Å²) in [4.78, 5) is 13.2. The first-order chi connectivity index (χ1) is 13.4. The van der Waals surface area contributed by atoms with Gasteiger partial charge in [-0.3, -0.25) is 0 Å². The summed E-state index contributed by atoms with van der Waals surface area (Å²) >= 11 is 0. The number of anilines is 1. The number of para-hydroxylation sites is 2. The van der Waals surface area contributed by atoms with Crippen LogP contribution in [0.25, 0.3) is 0 Å². The van der Waals surface area contributed by atoms with Gasteiger partial charge in [-0.2, -0.15) is 4.31 Å². The lowest BCUT2D eigenvalue weighted by Gasteiger charge is -2.36. The van der Waals surface area contributed by atoms with E-state index in [-0.39, 0.29) is 41.7 Å². The van der Waals surface area contributed by atoms with Gasteiger partial charge in [-0.25, -0.2) is 13.2 Å². The fourth-order valence-electron chi connectivity index (χ4n) is 3.21. The van der Waals surface area contributed by atoms with Crippen molar-refractivity contribution in [3.8, 4) is 11.5 Å². The predicted octanol–water partition coefficient (Wildman–Crippen LogP) is 2.33. The zero-order valence-corrected chi connectivity index (χ0v) is 17.7. The fourth-order valence-corrected chi connectivity index (χ4v) is 4.81. The maximum Gasteiger partial charge on any atom is 0.335 e. The van der Waals surface area contributed by atoms with Gasteiger partial charge in [-0.1, -0.05) is 12.1 Å². The molecule has 1 N–H and O–H groups in total. The molecule has 1 saturated heterocycles. The molecule has 3 rings (SSSR count). The van der Waals surface area contributed by atoms with Crippen molar-refractivity contribution >= 4 is 34.1 Å². The van der Waals surface area contributed by atoms with Crippen molar-refractivity contribution in [1.82, 2.24) is 4.31 Å². The first-order valence-electron chi connectivity index (χ1n) is 8.68. The van der Waals surface area contributed by atoms with Crippen molar-refractivity contribution < 1.29 is 27.8 Å². The average molecular weight is 443 g/mol. The number of piperazine rings is 1. The number of hydrogen-bond donors (Lipinski definition) is 1. The van der Waals surface area contributed by atoms with Crippen molar-refractivity contribution in [3.63, 3.8) is 0 Å².